The lowest BCUT2D eigenvalue weighted by molar-refractivity contribution is 0.171. The number of imidazole rings is 1. The topological polar surface area (TPSA) is 48.3 Å². The summed E-state index contributed by atoms with van der Waals surface area (Å²) < 4.78 is 13.2. The number of hydrogen-bond acceptors (Lipinski definition) is 4. The third-order valence-corrected chi connectivity index (χ3v) is 3.33. The van der Waals surface area contributed by atoms with Gasteiger partial charge in [-0.25, -0.2) is 4.98 Å². The highest BCUT2D eigenvalue weighted by atomic mass is 16.6. The molecular weight excluding hydrogens is 254 g/mol. The molecule has 1 atom stereocenters. The lowest BCUT2D eigenvalue weighted by Crippen LogP contribution is -2.23. The second-order valence-electron chi connectivity index (χ2n) is 4.86. The summed E-state index contributed by atoms with van der Waals surface area (Å²) in [6.45, 7) is 4.18. The molecule has 2 heterocycles. The second-order valence-corrected chi connectivity index (χ2v) is 4.86. The SMILES string of the molecule is CCNC(c1ccc2c(c1)OCCO2)c1cn(C)cn1. The summed E-state index contributed by atoms with van der Waals surface area (Å²) in [4.78, 5) is 4.45. The van der Waals surface area contributed by atoms with Gasteiger partial charge in [0.2, 0.25) is 0 Å². The minimum Gasteiger partial charge on any atom is -0.486 e. The van der Waals surface area contributed by atoms with Crippen molar-refractivity contribution in [2.24, 2.45) is 7.05 Å². The first-order chi connectivity index (χ1) is 9.78. The first-order valence-corrected chi connectivity index (χ1v) is 6.88. The van der Waals surface area contributed by atoms with Gasteiger partial charge in [0.15, 0.2) is 11.5 Å². The van der Waals surface area contributed by atoms with Gasteiger partial charge in [-0.2, -0.15) is 0 Å². The van der Waals surface area contributed by atoms with Gasteiger partial charge in [0.05, 0.1) is 18.1 Å². The summed E-state index contributed by atoms with van der Waals surface area (Å²) in [5, 5.41) is 3.46. The summed E-state index contributed by atoms with van der Waals surface area (Å²) in [6.07, 6.45) is 3.85. The molecule has 1 aliphatic heterocycles. The first-order valence-electron chi connectivity index (χ1n) is 6.88. The van der Waals surface area contributed by atoms with E-state index in [2.05, 4.69) is 23.3 Å². The van der Waals surface area contributed by atoms with E-state index in [1.807, 2.05) is 36.3 Å². The number of aromatic nitrogens is 2. The molecule has 1 aromatic carbocycles. The zero-order chi connectivity index (χ0) is 13.9. The van der Waals surface area contributed by atoms with Crippen LogP contribution in [0.4, 0.5) is 0 Å². The molecule has 2 aromatic rings. The predicted octanol–water partition coefficient (Wildman–Crippen LogP) is 1.89. The summed E-state index contributed by atoms with van der Waals surface area (Å²) in [6, 6.07) is 6.14. The van der Waals surface area contributed by atoms with Gasteiger partial charge in [-0.1, -0.05) is 13.0 Å². The van der Waals surface area contributed by atoms with E-state index >= 15 is 0 Å². The average molecular weight is 273 g/mol. The average Bonchev–Trinajstić information content (AvgIpc) is 2.90. The number of benzene rings is 1. The monoisotopic (exact) mass is 273 g/mol. The Balaban J connectivity index is 1.95. The maximum absolute atomic E-state index is 5.66. The number of rotatable bonds is 4. The number of nitrogens with one attached hydrogen (secondary N) is 1. The van der Waals surface area contributed by atoms with E-state index in [9.17, 15) is 0 Å². The van der Waals surface area contributed by atoms with Crippen molar-refractivity contribution in [3.8, 4) is 11.5 Å². The van der Waals surface area contributed by atoms with E-state index in [1.165, 1.54) is 0 Å². The highest BCUT2D eigenvalue weighted by Crippen LogP contribution is 2.33. The van der Waals surface area contributed by atoms with Crippen LogP contribution in [-0.4, -0.2) is 29.3 Å². The van der Waals surface area contributed by atoms with Crippen molar-refractivity contribution in [3.05, 3.63) is 42.0 Å². The van der Waals surface area contributed by atoms with E-state index in [1.54, 1.807) is 0 Å². The summed E-state index contributed by atoms with van der Waals surface area (Å²) in [7, 11) is 1.98. The number of ether oxygens (including phenoxy) is 2. The molecule has 1 unspecified atom stereocenters. The molecule has 0 saturated heterocycles. The molecule has 5 nitrogen and oxygen atoms in total. The van der Waals surface area contributed by atoms with Gasteiger partial charge in [0, 0.05) is 13.2 Å². The van der Waals surface area contributed by atoms with E-state index in [4.69, 9.17) is 9.47 Å². The van der Waals surface area contributed by atoms with Crippen LogP contribution in [0.2, 0.25) is 0 Å². The summed E-state index contributed by atoms with van der Waals surface area (Å²) in [5.41, 5.74) is 2.14. The molecule has 0 radical (unpaired) electrons. The molecule has 5 heteroatoms. The Labute approximate surface area is 118 Å². The minimum atomic E-state index is 0.0667. The molecule has 1 N–H and O–H groups in total. The van der Waals surface area contributed by atoms with Gasteiger partial charge in [0.1, 0.15) is 13.2 Å². The zero-order valence-electron chi connectivity index (χ0n) is 11.8. The first kappa shape index (κ1) is 13.0. The summed E-state index contributed by atoms with van der Waals surface area (Å²) in [5.74, 6) is 1.63. The van der Waals surface area contributed by atoms with E-state index in [0.717, 1.165) is 29.3 Å². The lowest BCUT2D eigenvalue weighted by atomic mass is 10.0. The highest BCUT2D eigenvalue weighted by molar-refractivity contribution is 5.45. The maximum atomic E-state index is 5.66. The van der Waals surface area contributed by atoms with Crippen molar-refractivity contribution in [2.45, 2.75) is 13.0 Å². The zero-order valence-corrected chi connectivity index (χ0v) is 11.8. The molecule has 0 aliphatic carbocycles. The second kappa shape index (κ2) is 5.54. The minimum absolute atomic E-state index is 0.0667. The van der Waals surface area contributed by atoms with Gasteiger partial charge in [0.25, 0.3) is 0 Å². The lowest BCUT2D eigenvalue weighted by Gasteiger charge is -2.22. The molecule has 1 aromatic heterocycles. The largest absolute Gasteiger partial charge is 0.486 e. The fraction of sp³-hybridized carbons (Fsp3) is 0.400. The van der Waals surface area contributed by atoms with Crippen LogP contribution < -0.4 is 14.8 Å². The highest BCUT2D eigenvalue weighted by Gasteiger charge is 2.19. The number of aryl methyl sites for hydroxylation is 1. The Hall–Kier alpha value is -2.01. The molecule has 0 amide bonds. The van der Waals surface area contributed by atoms with Crippen molar-refractivity contribution in [2.75, 3.05) is 19.8 Å². The maximum Gasteiger partial charge on any atom is 0.161 e. The van der Waals surface area contributed by atoms with Crippen molar-refractivity contribution in [1.82, 2.24) is 14.9 Å². The Morgan fingerprint density at radius 3 is 2.80 bits per heavy atom. The molecule has 0 fully saturated rings. The molecule has 3 rings (SSSR count). The van der Waals surface area contributed by atoms with Gasteiger partial charge >= 0.3 is 0 Å². The van der Waals surface area contributed by atoms with Crippen molar-refractivity contribution < 1.29 is 9.47 Å². The molecule has 0 spiro atoms. The number of nitrogens with zero attached hydrogens (tertiary/aromatic N) is 2. The molecular formula is C15H19N3O2. The van der Waals surface area contributed by atoms with E-state index in [0.29, 0.717) is 13.2 Å². The molecule has 20 heavy (non-hydrogen) atoms. The molecule has 0 saturated carbocycles. The van der Waals surface area contributed by atoms with Crippen molar-refractivity contribution in [3.63, 3.8) is 0 Å². The van der Waals surface area contributed by atoms with E-state index < -0.39 is 0 Å². The normalized spacial score (nSPS) is 15.1. The molecule has 1 aliphatic rings. The van der Waals surface area contributed by atoms with Crippen molar-refractivity contribution >= 4 is 0 Å². The van der Waals surface area contributed by atoms with Crippen LogP contribution in [0.1, 0.15) is 24.2 Å². The van der Waals surface area contributed by atoms with Gasteiger partial charge in [-0.05, 0) is 24.2 Å². The quantitative estimate of drug-likeness (QED) is 0.924. The number of hydrogen-bond donors (Lipinski definition) is 1. The summed E-state index contributed by atoms with van der Waals surface area (Å²) >= 11 is 0. The Bertz CT molecular complexity index is 595. The van der Waals surface area contributed by atoms with Gasteiger partial charge < -0.3 is 19.4 Å². The van der Waals surface area contributed by atoms with E-state index in [-0.39, 0.29) is 6.04 Å². The Morgan fingerprint density at radius 2 is 2.10 bits per heavy atom. The molecule has 0 bridgehead atoms. The fourth-order valence-corrected chi connectivity index (χ4v) is 2.42. The number of fused-ring (bicyclic) bond motifs is 1. The van der Waals surface area contributed by atoms with Crippen LogP contribution in [0, 0.1) is 0 Å². The van der Waals surface area contributed by atoms with Crippen LogP contribution in [-0.2, 0) is 7.05 Å². The van der Waals surface area contributed by atoms with Gasteiger partial charge in [-0.15, -0.1) is 0 Å². The standard InChI is InChI=1S/C15H19N3O2/c1-3-16-15(12-9-18(2)10-17-12)11-4-5-13-14(8-11)20-7-6-19-13/h4-5,8-10,15-16H,3,6-7H2,1-2H3. The van der Waals surface area contributed by atoms with Crippen LogP contribution >= 0.6 is 0 Å². The Morgan fingerprint density at radius 1 is 1.30 bits per heavy atom. The third kappa shape index (κ3) is 2.49. The smallest absolute Gasteiger partial charge is 0.161 e. The van der Waals surface area contributed by atoms with Crippen molar-refractivity contribution in [1.29, 1.82) is 0 Å². The molecule has 106 valence electrons. The van der Waals surface area contributed by atoms with Crippen LogP contribution in [0.5, 0.6) is 11.5 Å². The van der Waals surface area contributed by atoms with Crippen LogP contribution in [0.3, 0.4) is 0 Å². The predicted molar refractivity (Wildman–Crippen MR) is 76.2 cm³/mol. The Kier molecular flexibility index (Phi) is 3.60. The van der Waals surface area contributed by atoms with Crippen LogP contribution in [0.25, 0.3) is 0 Å². The van der Waals surface area contributed by atoms with Crippen LogP contribution in [0.15, 0.2) is 30.7 Å². The van der Waals surface area contributed by atoms with Gasteiger partial charge in [-0.3, -0.25) is 0 Å². The fourth-order valence-electron chi connectivity index (χ4n) is 2.42. The third-order valence-electron chi connectivity index (χ3n) is 3.33.